The van der Waals surface area contributed by atoms with E-state index in [1.54, 1.807) is 12.1 Å². The summed E-state index contributed by atoms with van der Waals surface area (Å²) < 4.78 is 10.9. The first-order valence-corrected chi connectivity index (χ1v) is 9.48. The highest BCUT2D eigenvalue weighted by Crippen LogP contribution is 2.18. The fraction of sp³-hybridized carbons (Fsp3) is 0.526. The van der Waals surface area contributed by atoms with Gasteiger partial charge in [0.2, 0.25) is 5.95 Å². The molecule has 27 heavy (non-hydrogen) atoms. The van der Waals surface area contributed by atoms with Gasteiger partial charge in [0.15, 0.2) is 5.76 Å². The second kappa shape index (κ2) is 7.96. The monoisotopic (exact) mass is 371 g/mol. The van der Waals surface area contributed by atoms with E-state index in [-0.39, 0.29) is 12.0 Å². The Balaban J connectivity index is 1.36. The van der Waals surface area contributed by atoms with Gasteiger partial charge in [-0.05, 0) is 31.9 Å². The number of ether oxygens (including phenoxy) is 1. The summed E-state index contributed by atoms with van der Waals surface area (Å²) in [7, 11) is 0. The van der Waals surface area contributed by atoms with Crippen LogP contribution < -0.4 is 10.2 Å². The smallest absolute Gasteiger partial charge is 0.289 e. The van der Waals surface area contributed by atoms with Gasteiger partial charge in [0.25, 0.3) is 5.91 Å². The molecule has 144 valence electrons. The number of carbonyl (C=O) groups is 1. The third kappa shape index (κ3) is 4.21. The number of furan rings is 1. The van der Waals surface area contributed by atoms with E-state index in [9.17, 15) is 4.79 Å². The summed E-state index contributed by atoms with van der Waals surface area (Å²) in [5.74, 6) is 1.84. The van der Waals surface area contributed by atoms with E-state index in [2.05, 4.69) is 20.2 Å². The number of piperazine rings is 1. The van der Waals surface area contributed by atoms with Crippen LogP contribution in [0, 0.1) is 6.92 Å². The Morgan fingerprint density at radius 2 is 2.15 bits per heavy atom. The van der Waals surface area contributed by atoms with Crippen LogP contribution in [0.15, 0.2) is 28.9 Å². The van der Waals surface area contributed by atoms with Crippen molar-refractivity contribution in [1.82, 2.24) is 14.9 Å². The SMILES string of the molecule is Cc1cc(NCC2CCCO2)nc(N2CCN(C(=O)c3ccco3)CC2)n1. The van der Waals surface area contributed by atoms with E-state index in [1.807, 2.05) is 17.9 Å². The molecule has 0 saturated carbocycles. The molecule has 1 atom stereocenters. The lowest BCUT2D eigenvalue weighted by atomic mass is 10.2. The third-order valence-corrected chi connectivity index (χ3v) is 4.96. The number of amides is 1. The van der Waals surface area contributed by atoms with Crippen molar-refractivity contribution in [3.05, 3.63) is 35.9 Å². The molecular weight excluding hydrogens is 346 g/mol. The maximum Gasteiger partial charge on any atom is 0.289 e. The standard InChI is InChI=1S/C19H25N5O3/c1-14-12-17(20-13-15-4-2-10-26-15)22-19(21-14)24-8-6-23(7-9-24)18(25)16-5-3-11-27-16/h3,5,11-12,15H,2,4,6-10,13H2,1H3,(H,20,21,22). The Morgan fingerprint density at radius 3 is 2.85 bits per heavy atom. The molecule has 2 aromatic heterocycles. The first-order valence-electron chi connectivity index (χ1n) is 9.48. The zero-order chi connectivity index (χ0) is 18.6. The number of hydrogen-bond acceptors (Lipinski definition) is 7. The number of rotatable bonds is 5. The van der Waals surface area contributed by atoms with Gasteiger partial charge in [0.05, 0.1) is 12.4 Å². The van der Waals surface area contributed by atoms with Crippen LogP contribution in [0.4, 0.5) is 11.8 Å². The van der Waals surface area contributed by atoms with Crippen molar-refractivity contribution >= 4 is 17.7 Å². The minimum atomic E-state index is -0.0660. The molecular formula is C19H25N5O3. The van der Waals surface area contributed by atoms with E-state index in [0.29, 0.717) is 37.9 Å². The molecule has 2 aliphatic heterocycles. The molecule has 8 heteroatoms. The Hall–Kier alpha value is -2.61. The predicted molar refractivity (Wildman–Crippen MR) is 101 cm³/mol. The van der Waals surface area contributed by atoms with Crippen LogP contribution in [0.2, 0.25) is 0 Å². The molecule has 0 aliphatic carbocycles. The van der Waals surface area contributed by atoms with Crippen molar-refractivity contribution in [2.45, 2.75) is 25.9 Å². The number of aryl methyl sites for hydroxylation is 1. The van der Waals surface area contributed by atoms with Gasteiger partial charge in [-0.1, -0.05) is 0 Å². The molecule has 0 aromatic carbocycles. The minimum absolute atomic E-state index is 0.0660. The van der Waals surface area contributed by atoms with E-state index in [1.165, 1.54) is 6.26 Å². The van der Waals surface area contributed by atoms with Gasteiger partial charge in [-0.2, -0.15) is 4.98 Å². The molecule has 0 bridgehead atoms. The van der Waals surface area contributed by atoms with Gasteiger partial charge in [0, 0.05) is 51.1 Å². The molecule has 8 nitrogen and oxygen atoms in total. The van der Waals surface area contributed by atoms with Crippen molar-refractivity contribution in [2.75, 3.05) is 49.5 Å². The molecule has 2 aromatic rings. The quantitative estimate of drug-likeness (QED) is 0.860. The lowest BCUT2D eigenvalue weighted by Gasteiger charge is -2.34. The zero-order valence-corrected chi connectivity index (χ0v) is 15.6. The highest BCUT2D eigenvalue weighted by Gasteiger charge is 2.25. The van der Waals surface area contributed by atoms with Gasteiger partial charge in [0.1, 0.15) is 5.82 Å². The third-order valence-electron chi connectivity index (χ3n) is 4.96. The number of aromatic nitrogens is 2. The van der Waals surface area contributed by atoms with Crippen LogP contribution in [-0.4, -0.2) is 66.2 Å². The van der Waals surface area contributed by atoms with Crippen LogP contribution in [0.5, 0.6) is 0 Å². The Labute approximate surface area is 158 Å². The van der Waals surface area contributed by atoms with Crippen LogP contribution in [-0.2, 0) is 4.74 Å². The van der Waals surface area contributed by atoms with Crippen LogP contribution >= 0.6 is 0 Å². The highest BCUT2D eigenvalue weighted by atomic mass is 16.5. The van der Waals surface area contributed by atoms with Crippen LogP contribution in [0.1, 0.15) is 29.1 Å². The summed E-state index contributed by atoms with van der Waals surface area (Å²) in [4.78, 5) is 25.6. The summed E-state index contributed by atoms with van der Waals surface area (Å²) in [5, 5.41) is 3.37. The summed E-state index contributed by atoms with van der Waals surface area (Å²) in [6.07, 6.45) is 4.01. The molecule has 1 N–H and O–H groups in total. The number of nitrogens with zero attached hydrogens (tertiary/aromatic N) is 4. The van der Waals surface area contributed by atoms with Crippen molar-refractivity contribution in [3.8, 4) is 0 Å². The Bertz CT molecular complexity index is 766. The van der Waals surface area contributed by atoms with E-state index in [0.717, 1.165) is 37.5 Å². The topological polar surface area (TPSA) is 83.7 Å². The lowest BCUT2D eigenvalue weighted by molar-refractivity contribution is 0.0714. The fourth-order valence-electron chi connectivity index (χ4n) is 3.47. The average molecular weight is 371 g/mol. The van der Waals surface area contributed by atoms with Gasteiger partial charge in [-0.15, -0.1) is 0 Å². The molecule has 0 spiro atoms. The van der Waals surface area contributed by atoms with Crippen LogP contribution in [0.3, 0.4) is 0 Å². The summed E-state index contributed by atoms with van der Waals surface area (Å²) in [6.45, 7) is 6.22. The van der Waals surface area contributed by atoms with Crippen molar-refractivity contribution < 1.29 is 13.9 Å². The van der Waals surface area contributed by atoms with Gasteiger partial charge in [-0.25, -0.2) is 4.98 Å². The average Bonchev–Trinajstić information content (AvgIpc) is 3.39. The Morgan fingerprint density at radius 1 is 1.30 bits per heavy atom. The van der Waals surface area contributed by atoms with E-state index in [4.69, 9.17) is 9.15 Å². The fourth-order valence-corrected chi connectivity index (χ4v) is 3.47. The summed E-state index contributed by atoms with van der Waals surface area (Å²) >= 11 is 0. The van der Waals surface area contributed by atoms with Gasteiger partial charge in [-0.3, -0.25) is 4.79 Å². The predicted octanol–water partition coefficient (Wildman–Crippen LogP) is 1.93. The van der Waals surface area contributed by atoms with Gasteiger partial charge >= 0.3 is 0 Å². The van der Waals surface area contributed by atoms with Gasteiger partial charge < -0.3 is 24.3 Å². The minimum Gasteiger partial charge on any atom is -0.459 e. The number of anilines is 2. The van der Waals surface area contributed by atoms with Crippen molar-refractivity contribution in [3.63, 3.8) is 0 Å². The maximum absolute atomic E-state index is 12.4. The Kier molecular flexibility index (Phi) is 5.24. The van der Waals surface area contributed by atoms with Crippen molar-refractivity contribution in [2.24, 2.45) is 0 Å². The first kappa shape index (κ1) is 17.8. The molecule has 2 saturated heterocycles. The molecule has 2 aliphatic rings. The number of nitrogens with one attached hydrogen (secondary N) is 1. The molecule has 2 fully saturated rings. The van der Waals surface area contributed by atoms with E-state index < -0.39 is 0 Å². The van der Waals surface area contributed by atoms with Crippen molar-refractivity contribution in [1.29, 1.82) is 0 Å². The lowest BCUT2D eigenvalue weighted by Crippen LogP contribution is -2.49. The number of hydrogen-bond donors (Lipinski definition) is 1. The zero-order valence-electron chi connectivity index (χ0n) is 15.6. The first-order chi connectivity index (χ1) is 13.2. The second-order valence-electron chi connectivity index (χ2n) is 6.97. The highest BCUT2D eigenvalue weighted by molar-refractivity contribution is 5.91. The van der Waals surface area contributed by atoms with E-state index >= 15 is 0 Å². The summed E-state index contributed by atoms with van der Waals surface area (Å²) in [5.41, 5.74) is 0.920. The maximum atomic E-state index is 12.4. The molecule has 0 radical (unpaired) electrons. The van der Waals surface area contributed by atoms with Crippen LogP contribution in [0.25, 0.3) is 0 Å². The molecule has 4 heterocycles. The molecule has 4 rings (SSSR count). The second-order valence-corrected chi connectivity index (χ2v) is 6.97. The number of carbonyl (C=O) groups excluding carboxylic acids is 1. The molecule has 1 amide bonds. The largest absolute Gasteiger partial charge is 0.459 e. The summed E-state index contributed by atoms with van der Waals surface area (Å²) in [6, 6.07) is 5.38. The molecule has 1 unspecified atom stereocenters. The normalized spacial score (nSPS) is 20.1.